The molecule has 1 N–H and O–H groups in total. The lowest BCUT2D eigenvalue weighted by atomic mass is 10.2. The first-order chi connectivity index (χ1) is 13.2. The zero-order valence-electron chi connectivity index (χ0n) is 15.2. The monoisotopic (exact) mass is 382 g/mol. The van der Waals surface area contributed by atoms with Crippen LogP contribution in [-0.4, -0.2) is 28.1 Å². The number of hydrogen-bond acceptors (Lipinski definition) is 5. The van der Waals surface area contributed by atoms with Crippen molar-refractivity contribution >= 4 is 27.2 Å². The second-order valence-electron chi connectivity index (χ2n) is 6.74. The minimum atomic E-state index is -0.240. The van der Waals surface area contributed by atoms with Gasteiger partial charge in [0.15, 0.2) is 0 Å². The zero-order chi connectivity index (χ0) is 18.8. The molecule has 3 aromatic rings. The lowest BCUT2D eigenvalue weighted by Crippen LogP contribution is -2.43. The lowest BCUT2D eigenvalue weighted by Gasteiger charge is -2.22. The summed E-state index contributed by atoms with van der Waals surface area (Å²) >= 11 is 1.47. The molecule has 4 rings (SSSR count). The van der Waals surface area contributed by atoms with Crippen molar-refractivity contribution in [2.45, 2.75) is 38.8 Å². The first-order valence-corrected chi connectivity index (χ1v) is 10.1. The number of hydrogen-bond donors (Lipinski definition) is 1. The van der Waals surface area contributed by atoms with Gasteiger partial charge in [0.1, 0.15) is 10.9 Å². The van der Waals surface area contributed by atoms with Crippen LogP contribution in [0.3, 0.4) is 0 Å². The first-order valence-electron chi connectivity index (χ1n) is 9.27. The molecular formula is C20H22N4O2S. The SMILES string of the molecule is CCc1cc(=O)n2nc(N3CCCC3C(=O)NCc3ccccc3)sc2c1. The number of fused-ring (bicyclic) bond motifs is 1. The molecule has 2 aromatic heterocycles. The molecule has 1 aliphatic rings. The first kappa shape index (κ1) is 17.7. The van der Waals surface area contributed by atoms with Crippen LogP contribution >= 0.6 is 11.3 Å². The summed E-state index contributed by atoms with van der Waals surface area (Å²) in [5.41, 5.74) is 1.97. The second kappa shape index (κ2) is 7.52. The van der Waals surface area contributed by atoms with Gasteiger partial charge in [-0.1, -0.05) is 48.6 Å². The second-order valence-corrected chi connectivity index (χ2v) is 7.73. The predicted octanol–water partition coefficient (Wildman–Crippen LogP) is 2.60. The summed E-state index contributed by atoms with van der Waals surface area (Å²) in [5, 5.41) is 8.25. The largest absolute Gasteiger partial charge is 0.350 e. The van der Waals surface area contributed by atoms with Gasteiger partial charge in [0.25, 0.3) is 5.56 Å². The van der Waals surface area contributed by atoms with Crippen LogP contribution in [0.2, 0.25) is 0 Å². The Hall–Kier alpha value is -2.67. The topological polar surface area (TPSA) is 66.7 Å². The molecule has 140 valence electrons. The third-order valence-electron chi connectivity index (χ3n) is 4.94. The van der Waals surface area contributed by atoms with E-state index < -0.39 is 0 Å². The standard InChI is InChI=1S/C20H22N4O2S/c1-2-14-11-17(25)24-18(12-14)27-20(22-24)23-10-6-9-16(23)19(26)21-13-15-7-4-3-5-8-15/h3-5,7-8,11-12,16H,2,6,9-10,13H2,1H3,(H,21,26). The Bertz CT molecular complexity index is 1010. The summed E-state index contributed by atoms with van der Waals surface area (Å²) in [5.74, 6) is 0.0113. The van der Waals surface area contributed by atoms with E-state index in [-0.39, 0.29) is 17.5 Å². The molecule has 1 saturated heterocycles. The molecule has 27 heavy (non-hydrogen) atoms. The van der Waals surface area contributed by atoms with Gasteiger partial charge in [0.05, 0.1) is 0 Å². The average Bonchev–Trinajstić information content (AvgIpc) is 3.33. The summed E-state index contributed by atoms with van der Waals surface area (Å²) < 4.78 is 1.44. The number of carbonyl (C=O) groups excluding carboxylic acids is 1. The van der Waals surface area contributed by atoms with Gasteiger partial charge in [-0.05, 0) is 36.5 Å². The van der Waals surface area contributed by atoms with Gasteiger partial charge in [0.2, 0.25) is 11.0 Å². The van der Waals surface area contributed by atoms with E-state index in [0.29, 0.717) is 6.54 Å². The molecule has 7 heteroatoms. The maximum absolute atomic E-state index is 12.7. The summed E-state index contributed by atoms with van der Waals surface area (Å²) in [6.07, 6.45) is 2.55. The van der Waals surface area contributed by atoms with Crippen LogP contribution in [-0.2, 0) is 17.8 Å². The normalized spacial score (nSPS) is 16.8. The van der Waals surface area contributed by atoms with E-state index in [1.54, 1.807) is 6.07 Å². The van der Waals surface area contributed by atoms with Crippen LogP contribution in [0.25, 0.3) is 4.83 Å². The van der Waals surface area contributed by atoms with Gasteiger partial charge in [-0.3, -0.25) is 9.59 Å². The van der Waals surface area contributed by atoms with Gasteiger partial charge in [-0.2, -0.15) is 4.52 Å². The highest BCUT2D eigenvalue weighted by Gasteiger charge is 2.32. The van der Waals surface area contributed by atoms with Crippen LogP contribution in [0.1, 0.15) is 30.9 Å². The fourth-order valence-corrected chi connectivity index (χ4v) is 4.52. The summed E-state index contributed by atoms with van der Waals surface area (Å²) in [6, 6.07) is 13.3. The molecular weight excluding hydrogens is 360 g/mol. The number of nitrogens with one attached hydrogen (secondary N) is 1. The van der Waals surface area contributed by atoms with Crippen molar-refractivity contribution in [2.24, 2.45) is 0 Å². The highest BCUT2D eigenvalue weighted by atomic mass is 32.1. The van der Waals surface area contributed by atoms with Crippen molar-refractivity contribution in [3.63, 3.8) is 0 Å². The lowest BCUT2D eigenvalue weighted by molar-refractivity contribution is -0.122. The predicted molar refractivity (Wildman–Crippen MR) is 107 cm³/mol. The third-order valence-corrected chi connectivity index (χ3v) is 5.93. The van der Waals surface area contributed by atoms with Crippen molar-refractivity contribution in [1.29, 1.82) is 0 Å². The third kappa shape index (κ3) is 3.60. The van der Waals surface area contributed by atoms with E-state index in [2.05, 4.69) is 10.4 Å². The van der Waals surface area contributed by atoms with Gasteiger partial charge in [0, 0.05) is 19.2 Å². The van der Waals surface area contributed by atoms with Crippen molar-refractivity contribution in [3.05, 3.63) is 63.9 Å². The van der Waals surface area contributed by atoms with Crippen LogP contribution < -0.4 is 15.8 Å². The maximum atomic E-state index is 12.7. The fraction of sp³-hybridized carbons (Fsp3) is 0.350. The molecule has 0 aliphatic carbocycles. The number of amides is 1. The molecule has 0 bridgehead atoms. The number of aromatic nitrogens is 2. The zero-order valence-corrected chi connectivity index (χ0v) is 16.0. The Kier molecular flexibility index (Phi) is 4.94. The number of aryl methyl sites for hydroxylation is 1. The van der Waals surface area contributed by atoms with E-state index in [1.165, 1.54) is 15.9 Å². The molecule has 1 aliphatic heterocycles. The highest BCUT2D eigenvalue weighted by molar-refractivity contribution is 7.20. The molecule has 1 atom stereocenters. The number of carbonyl (C=O) groups is 1. The number of rotatable bonds is 5. The van der Waals surface area contributed by atoms with Crippen LogP contribution in [0.4, 0.5) is 5.13 Å². The minimum absolute atomic E-state index is 0.0113. The van der Waals surface area contributed by atoms with Crippen molar-refractivity contribution < 1.29 is 4.79 Å². The maximum Gasteiger partial charge on any atom is 0.272 e. The smallest absolute Gasteiger partial charge is 0.272 e. The van der Waals surface area contributed by atoms with Gasteiger partial charge < -0.3 is 10.2 Å². The van der Waals surface area contributed by atoms with E-state index in [9.17, 15) is 9.59 Å². The Morgan fingerprint density at radius 1 is 1.26 bits per heavy atom. The Morgan fingerprint density at radius 2 is 2.07 bits per heavy atom. The highest BCUT2D eigenvalue weighted by Crippen LogP contribution is 2.30. The Labute approximate surface area is 161 Å². The quantitative estimate of drug-likeness (QED) is 0.737. The molecule has 6 nitrogen and oxygen atoms in total. The van der Waals surface area contributed by atoms with Crippen molar-refractivity contribution in [1.82, 2.24) is 14.9 Å². The van der Waals surface area contributed by atoms with Crippen molar-refractivity contribution in [2.75, 3.05) is 11.4 Å². The van der Waals surface area contributed by atoms with Crippen LogP contribution in [0.5, 0.6) is 0 Å². The Balaban J connectivity index is 1.54. The summed E-state index contributed by atoms with van der Waals surface area (Å²) in [4.78, 5) is 27.9. The van der Waals surface area contributed by atoms with Crippen LogP contribution in [0.15, 0.2) is 47.3 Å². The average molecular weight is 382 g/mol. The van der Waals surface area contributed by atoms with E-state index in [1.807, 2.05) is 48.2 Å². The minimum Gasteiger partial charge on any atom is -0.350 e. The molecule has 1 aromatic carbocycles. The number of pyridine rings is 1. The molecule has 3 heterocycles. The molecule has 1 unspecified atom stereocenters. The summed E-state index contributed by atoms with van der Waals surface area (Å²) in [7, 11) is 0. The molecule has 1 fully saturated rings. The van der Waals surface area contributed by atoms with Gasteiger partial charge >= 0.3 is 0 Å². The number of nitrogens with zero attached hydrogens (tertiary/aromatic N) is 3. The van der Waals surface area contributed by atoms with E-state index >= 15 is 0 Å². The van der Waals surface area contributed by atoms with E-state index in [4.69, 9.17) is 0 Å². The Morgan fingerprint density at radius 3 is 2.85 bits per heavy atom. The molecule has 0 spiro atoms. The molecule has 0 radical (unpaired) electrons. The molecule has 0 saturated carbocycles. The van der Waals surface area contributed by atoms with Gasteiger partial charge in [-0.25, -0.2) is 0 Å². The summed E-state index contributed by atoms with van der Waals surface area (Å²) in [6.45, 7) is 3.32. The van der Waals surface area contributed by atoms with Crippen molar-refractivity contribution in [3.8, 4) is 0 Å². The molecule has 1 amide bonds. The number of benzene rings is 1. The number of anilines is 1. The fourth-order valence-electron chi connectivity index (χ4n) is 3.45. The van der Waals surface area contributed by atoms with E-state index in [0.717, 1.165) is 46.9 Å². The van der Waals surface area contributed by atoms with Crippen LogP contribution in [0, 0.1) is 0 Å². The van der Waals surface area contributed by atoms with Gasteiger partial charge in [-0.15, -0.1) is 5.10 Å².